The van der Waals surface area contributed by atoms with Gasteiger partial charge in [-0.3, -0.25) is 9.69 Å². The number of Topliss-reactive ketones (excluding diaryl/α,β-unsaturated/α-hetero) is 1. The summed E-state index contributed by atoms with van der Waals surface area (Å²) in [4.78, 5) is 16.4. The van der Waals surface area contributed by atoms with Crippen LogP contribution in [0.4, 0.5) is 5.69 Å². The lowest BCUT2D eigenvalue weighted by Gasteiger charge is -2.36. The molecular weight excluding hydrogens is 272 g/mol. The zero-order valence-corrected chi connectivity index (χ0v) is 13.0. The summed E-state index contributed by atoms with van der Waals surface area (Å²) >= 11 is 0. The number of nitrogens with zero attached hydrogens (tertiary/aromatic N) is 2. The monoisotopic (exact) mass is 294 g/mol. The molecule has 0 N–H and O–H groups in total. The Kier molecular flexibility index (Phi) is 4.54. The zero-order chi connectivity index (χ0) is 15.4. The van der Waals surface area contributed by atoms with Crippen molar-refractivity contribution in [3.63, 3.8) is 0 Å². The van der Waals surface area contributed by atoms with Crippen LogP contribution in [-0.4, -0.2) is 36.9 Å². The Hall–Kier alpha value is -2.13. The average Bonchev–Trinajstić information content (AvgIpc) is 2.56. The topological polar surface area (TPSA) is 23.6 Å². The summed E-state index contributed by atoms with van der Waals surface area (Å²) in [6.45, 7) is 6.76. The zero-order valence-electron chi connectivity index (χ0n) is 13.0. The minimum atomic E-state index is 0.129. The normalized spacial score (nSPS) is 15.8. The van der Waals surface area contributed by atoms with E-state index in [4.69, 9.17) is 0 Å². The SMILES string of the molecule is CC(=O)c1cccc(N2CCN(Cc3ccccc3)CC2)c1. The molecule has 1 saturated heterocycles. The average molecular weight is 294 g/mol. The maximum atomic E-state index is 11.5. The second kappa shape index (κ2) is 6.75. The fourth-order valence-corrected chi connectivity index (χ4v) is 2.93. The predicted molar refractivity (Wildman–Crippen MR) is 90.4 cm³/mol. The Morgan fingerprint density at radius 1 is 0.955 bits per heavy atom. The number of piperazine rings is 1. The third-order valence-electron chi connectivity index (χ3n) is 4.24. The van der Waals surface area contributed by atoms with Gasteiger partial charge < -0.3 is 4.90 Å². The van der Waals surface area contributed by atoms with Crippen LogP contribution < -0.4 is 4.90 Å². The Morgan fingerprint density at radius 2 is 1.68 bits per heavy atom. The van der Waals surface area contributed by atoms with Crippen LogP contribution in [0.1, 0.15) is 22.8 Å². The quantitative estimate of drug-likeness (QED) is 0.809. The molecule has 0 spiro atoms. The van der Waals surface area contributed by atoms with Gasteiger partial charge in [-0.25, -0.2) is 0 Å². The predicted octanol–water partition coefficient (Wildman–Crippen LogP) is 3.21. The van der Waals surface area contributed by atoms with Gasteiger partial charge in [0.2, 0.25) is 0 Å². The van der Waals surface area contributed by atoms with E-state index < -0.39 is 0 Å². The van der Waals surface area contributed by atoms with E-state index in [-0.39, 0.29) is 5.78 Å². The van der Waals surface area contributed by atoms with Gasteiger partial charge in [-0.1, -0.05) is 42.5 Å². The van der Waals surface area contributed by atoms with E-state index in [2.05, 4.69) is 46.2 Å². The van der Waals surface area contributed by atoms with Gasteiger partial charge in [-0.05, 0) is 24.6 Å². The van der Waals surface area contributed by atoms with Crippen molar-refractivity contribution in [3.05, 3.63) is 65.7 Å². The van der Waals surface area contributed by atoms with Gasteiger partial charge in [0.1, 0.15) is 0 Å². The molecule has 22 heavy (non-hydrogen) atoms. The molecule has 0 radical (unpaired) electrons. The highest BCUT2D eigenvalue weighted by Crippen LogP contribution is 2.19. The number of carbonyl (C=O) groups excluding carboxylic acids is 1. The standard InChI is InChI=1S/C19H22N2O/c1-16(22)18-8-5-9-19(14-18)21-12-10-20(11-13-21)15-17-6-3-2-4-7-17/h2-9,14H,10-13,15H2,1H3. The van der Waals surface area contributed by atoms with E-state index in [0.29, 0.717) is 0 Å². The van der Waals surface area contributed by atoms with Gasteiger partial charge in [0.05, 0.1) is 0 Å². The van der Waals surface area contributed by atoms with Crippen molar-refractivity contribution < 1.29 is 4.79 Å². The lowest BCUT2D eigenvalue weighted by molar-refractivity contribution is 0.101. The second-order valence-electron chi connectivity index (χ2n) is 5.86. The first-order chi connectivity index (χ1) is 10.7. The molecule has 1 aliphatic rings. The minimum Gasteiger partial charge on any atom is -0.369 e. The Morgan fingerprint density at radius 3 is 2.36 bits per heavy atom. The van der Waals surface area contributed by atoms with Crippen molar-refractivity contribution in [1.82, 2.24) is 4.90 Å². The van der Waals surface area contributed by atoms with Crippen LogP contribution in [-0.2, 0) is 6.54 Å². The van der Waals surface area contributed by atoms with Crippen molar-refractivity contribution in [2.75, 3.05) is 31.1 Å². The van der Waals surface area contributed by atoms with E-state index in [0.717, 1.165) is 44.0 Å². The van der Waals surface area contributed by atoms with Crippen molar-refractivity contribution in [2.45, 2.75) is 13.5 Å². The van der Waals surface area contributed by atoms with Crippen LogP contribution in [0.15, 0.2) is 54.6 Å². The first-order valence-corrected chi connectivity index (χ1v) is 7.84. The van der Waals surface area contributed by atoms with Crippen molar-refractivity contribution in [3.8, 4) is 0 Å². The molecule has 0 bridgehead atoms. The first-order valence-electron chi connectivity index (χ1n) is 7.84. The van der Waals surface area contributed by atoms with Gasteiger partial charge in [-0.15, -0.1) is 0 Å². The van der Waals surface area contributed by atoms with Crippen molar-refractivity contribution >= 4 is 11.5 Å². The molecule has 0 unspecified atom stereocenters. The molecule has 2 aromatic rings. The molecule has 0 saturated carbocycles. The summed E-state index contributed by atoms with van der Waals surface area (Å²) in [5.41, 5.74) is 3.32. The first kappa shape index (κ1) is 14.8. The van der Waals surface area contributed by atoms with Crippen LogP contribution in [0.5, 0.6) is 0 Å². The highest BCUT2D eigenvalue weighted by atomic mass is 16.1. The summed E-state index contributed by atoms with van der Waals surface area (Å²) in [7, 11) is 0. The molecule has 1 fully saturated rings. The molecule has 0 amide bonds. The number of benzene rings is 2. The number of hydrogen-bond acceptors (Lipinski definition) is 3. The number of hydrogen-bond donors (Lipinski definition) is 0. The largest absolute Gasteiger partial charge is 0.369 e. The molecule has 0 aliphatic carbocycles. The van der Waals surface area contributed by atoms with Crippen LogP contribution in [0.25, 0.3) is 0 Å². The van der Waals surface area contributed by atoms with E-state index in [9.17, 15) is 4.79 Å². The van der Waals surface area contributed by atoms with Gasteiger partial charge in [0, 0.05) is 44.0 Å². The molecule has 3 nitrogen and oxygen atoms in total. The van der Waals surface area contributed by atoms with E-state index in [1.165, 1.54) is 5.56 Å². The summed E-state index contributed by atoms with van der Waals surface area (Å²) in [6.07, 6.45) is 0. The van der Waals surface area contributed by atoms with Crippen LogP contribution in [0.2, 0.25) is 0 Å². The molecule has 1 aliphatic heterocycles. The Balaban J connectivity index is 1.60. The van der Waals surface area contributed by atoms with E-state index in [1.54, 1.807) is 6.92 Å². The number of ketones is 1. The lowest BCUT2D eigenvalue weighted by Crippen LogP contribution is -2.46. The number of anilines is 1. The number of rotatable bonds is 4. The molecule has 3 heteroatoms. The van der Waals surface area contributed by atoms with Gasteiger partial charge in [0.15, 0.2) is 5.78 Å². The maximum absolute atomic E-state index is 11.5. The van der Waals surface area contributed by atoms with Crippen molar-refractivity contribution in [1.29, 1.82) is 0 Å². The minimum absolute atomic E-state index is 0.129. The van der Waals surface area contributed by atoms with Gasteiger partial charge >= 0.3 is 0 Å². The Bertz CT molecular complexity index is 631. The smallest absolute Gasteiger partial charge is 0.159 e. The van der Waals surface area contributed by atoms with Gasteiger partial charge in [0.25, 0.3) is 0 Å². The van der Waals surface area contributed by atoms with E-state index >= 15 is 0 Å². The molecule has 114 valence electrons. The number of carbonyl (C=O) groups is 1. The van der Waals surface area contributed by atoms with E-state index in [1.807, 2.05) is 18.2 Å². The lowest BCUT2D eigenvalue weighted by atomic mass is 10.1. The van der Waals surface area contributed by atoms with Crippen LogP contribution >= 0.6 is 0 Å². The highest BCUT2D eigenvalue weighted by Gasteiger charge is 2.17. The maximum Gasteiger partial charge on any atom is 0.159 e. The third-order valence-corrected chi connectivity index (χ3v) is 4.24. The van der Waals surface area contributed by atoms with Gasteiger partial charge in [-0.2, -0.15) is 0 Å². The molecule has 0 aromatic heterocycles. The van der Waals surface area contributed by atoms with Crippen LogP contribution in [0.3, 0.4) is 0 Å². The van der Waals surface area contributed by atoms with Crippen molar-refractivity contribution in [2.24, 2.45) is 0 Å². The fourth-order valence-electron chi connectivity index (χ4n) is 2.93. The fraction of sp³-hybridized carbons (Fsp3) is 0.316. The molecule has 1 heterocycles. The molecule has 3 rings (SSSR count). The molecular formula is C19H22N2O. The summed E-state index contributed by atoms with van der Waals surface area (Å²) in [6, 6.07) is 18.6. The summed E-state index contributed by atoms with van der Waals surface area (Å²) in [5.74, 6) is 0.129. The summed E-state index contributed by atoms with van der Waals surface area (Å²) < 4.78 is 0. The highest BCUT2D eigenvalue weighted by molar-refractivity contribution is 5.94. The second-order valence-corrected chi connectivity index (χ2v) is 5.86. The molecule has 2 aromatic carbocycles. The molecule has 0 atom stereocenters. The Labute approximate surface area is 132 Å². The summed E-state index contributed by atoms with van der Waals surface area (Å²) in [5, 5.41) is 0. The third kappa shape index (κ3) is 3.55. The van der Waals surface area contributed by atoms with Crippen LogP contribution in [0, 0.1) is 0 Å².